The minimum atomic E-state index is -3.49. The molecule has 6 nitrogen and oxygen atoms in total. The van der Waals surface area contributed by atoms with Crippen LogP contribution in [0.3, 0.4) is 0 Å². The van der Waals surface area contributed by atoms with Gasteiger partial charge in [0.15, 0.2) is 0 Å². The van der Waals surface area contributed by atoms with E-state index in [1.54, 1.807) is 26.2 Å². The van der Waals surface area contributed by atoms with Gasteiger partial charge in [-0.2, -0.15) is 0 Å². The summed E-state index contributed by atoms with van der Waals surface area (Å²) in [6, 6.07) is 16.5. The van der Waals surface area contributed by atoms with Crippen molar-refractivity contribution >= 4 is 18.3 Å². The van der Waals surface area contributed by atoms with Crippen LogP contribution in [-0.4, -0.2) is 76.7 Å². The molecule has 1 fully saturated rings. The van der Waals surface area contributed by atoms with Crippen LogP contribution < -0.4 is 4.43 Å². The number of hydrogen-bond donors (Lipinski definition) is 0. The molecule has 210 valence electrons. The lowest BCUT2D eigenvalue weighted by molar-refractivity contribution is 0.0306. The Bertz CT molecular complexity index is 1210. The van der Waals surface area contributed by atoms with E-state index in [1.807, 2.05) is 18.2 Å². The lowest BCUT2D eigenvalue weighted by Gasteiger charge is -2.47. The molecule has 1 aliphatic rings. The molecule has 0 N–H and O–H groups in total. The first-order valence-electron chi connectivity index (χ1n) is 13.5. The van der Waals surface area contributed by atoms with Crippen LogP contribution >= 0.6 is 0 Å². The SMILES string of the molecule is C=CCN1C[C@@H](C)N([C@H](c2ccc(S(=O)(=O)N(C)C)cc2)c2cccc(O[Si](C)(C)C(C)(C)C)c2)C[C@@H]1C. The number of sulfonamides is 1. The van der Waals surface area contributed by atoms with E-state index in [0.717, 1.165) is 36.5 Å². The Morgan fingerprint density at radius 1 is 1.05 bits per heavy atom. The third-order valence-corrected chi connectivity index (χ3v) is 14.4. The van der Waals surface area contributed by atoms with Gasteiger partial charge in [0.2, 0.25) is 18.3 Å². The van der Waals surface area contributed by atoms with Crippen LogP contribution in [0.25, 0.3) is 0 Å². The zero-order chi connectivity index (χ0) is 28.5. The van der Waals surface area contributed by atoms with Gasteiger partial charge in [-0.25, -0.2) is 12.7 Å². The fourth-order valence-electron chi connectivity index (χ4n) is 4.81. The first-order chi connectivity index (χ1) is 17.6. The van der Waals surface area contributed by atoms with Crippen LogP contribution in [0, 0.1) is 0 Å². The second-order valence-corrected chi connectivity index (χ2v) is 19.2. The average Bonchev–Trinajstić information content (AvgIpc) is 2.82. The monoisotopic (exact) mass is 557 g/mol. The van der Waals surface area contributed by atoms with Crippen LogP contribution in [0.15, 0.2) is 66.1 Å². The Hall–Kier alpha value is -1.97. The molecule has 0 spiro atoms. The summed E-state index contributed by atoms with van der Waals surface area (Å²) in [6.45, 7) is 22.5. The van der Waals surface area contributed by atoms with Gasteiger partial charge >= 0.3 is 0 Å². The molecule has 0 radical (unpaired) electrons. The lowest BCUT2D eigenvalue weighted by Crippen LogP contribution is -2.57. The van der Waals surface area contributed by atoms with E-state index in [0.29, 0.717) is 17.0 Å². The molecule has 0 bridgehead atoms. The Kier molecular flexibility index (Phi) is 9.36. The molecule has 0 aromatic heterocycles. The van der Waals surface area contributed by atoms with E-state index in [-0.39, 0.29) is 11.1 Å². The molecule has 1 aliphatic heterocycles. The highest BCUT2D eigenvalue weighted by atomic mass is 32.2. The molecule has 2 aromatic rings. The van der Waals surface area contributed by atoms with Crippen molar-refractivity contribution < 1.29 is 12.8 Å². The number of nitrogens with zero attached hydrogens (tertiary/aromatic N) is 3. The first-order valence-corrected chi connectivity index (χ1v) is 17.9. The number of benzene rings is 2. The van der Waals surface area contributed by atoms with Crippen molar-refractivity contribution in [1.29, 1.82) is 0 Å². The molecule has 0 amide bonds. The first kappa shape index (κ1) is 30.6. The number of hydrogen-bond acceptors (Lipinski definition) is 5. The fourth-order valence-corrected chi connectivity index (χ4v) is 6.73. The summed E-state index contributed by atoms with van der Waals surface area (Å²) >= 11 is 0. The van der Waals surface area contributed by atoms with Gasteiger partial charge in [-0.05, 0) is 67.4 Å². The molecule has 1 saturated heterocycles. The molecule has 0 unspecified atom stereocenters. The molecule has 0 saturated carbocycles. The number of piperazine rings is 1. The van der Waals surface area contributed by atoms with Crippen LogP contribution in [0.2, 0.25) is 18.1 Å². The van der Waals surface area contributed by atoms with Crippen LogP contribution in [-0.2, 0) is 10.0 Å². The van der Waals surface area contributed by atoms with Gasteiger partial charge in [-0.1, -0.05) is 51.1 Å². The summed E-state index contributed by atoms with van der Waals surface area (Å²) < 4.78 is 33.4. The highest BCUT2D eigenvalue weighted by Gasteiger charge is 2.39. The second-order valence-electron chi connectivity index (χ2n) is 12.3. The molecular formula is C30H47N3O3SSi. The highest BCUT2D eigenvalue weighted by Crippen LogP contribution is 2.39. The predicted octanol–water partition coefficient (Wildman–Crippen LogP) is 5.99. The molecular weight excluding hydrogens is 511 g/mol. The van der Waals surface area contributed by atoms with Gasteiger partial charge in [-0.3, -0.25) is 9.80 Å². The summed E-state index contributed by atoms with van der Waals surface area (Å²) in [4.78, 5) is 5.32. The van der Waals surface area contributed by atoms with Crippen molar-refractivity contribution in [2.75, 3.05) is 33.7 Å². The van der Waals surface area contributed by atoms with Crippen molar-refractivity contribution in [2.24, 2.45) is 0 Å². The molecule has 3 rings (SSSR count). The summed E-state index contributed by atoms with van der Waals surface area (Å²) in [7, 11) is -2.38. The van der Waals surface area contributed by atoms with Crippen molar-refractivity contribution in [1.82, 2.24) is 14.1 Å². The zero-order valence-electron chi connectivity index (χ0n) is 24.7. The third kappa shape index (κ3) is 6.59. The van der Waals surface area contributed by atoms with E-state index in [9.17, 15) is 8.42 Å². The van der Waals surface area contributed by atoms with Gasteiger partial charge in [0.25, 0.3) is 0 Å². The molecule has 3 atom stereocenters. The lowest BCUT2D eigenvalue weighted by atomic mass is 9.93. The maximum absolute atomic E-state index is 12.7. The standard InChI is InChI=1S/C30H47N3O3SSi/c1-11-19-32-21-24(3)33(22-23(32)2)29(25-15-17-28(18-16-25)37(34,35)31(7)8)26-13-12-14-27(20-26)36-38(9,10)30(4,5)6/h11-18,20,23-24,29H,1,19,21-22H2,2-10H3/t23-,24+,29+/m0/s1. The maximum Gasteiger partial charge on any atom is 0.250 e. The van der Waals surface area contributed by atoms with Crippen LogP contribution in [0.5, 0.6) is 5.75 Å². The fraction of sp³-hybridized carbons (Fsp3) is 0.533. The van der Waals surface area contributed by atoms with Gasteiger partial charge in [-0.15, -0.1) is 6.58 Å². The summed E-state index contributed by atoms with van der Waals surface area (Å²) in [6.07, 6.45) is 1.97. The van der Waals surface area contributed by atoms with E-state index in [2.05, 4.69) is 88.4 Å². The second kappa shape index (κ2) is 11.6. The Morgan fingerprint density at radius 2 is 1.68 bits per heavy atom. The van der Waals surface area contributed by atoms with E-state index in [1.165, 1.54) is 4.31 Å². The van der Waals surface area contributed by atoms with Crippen molar-refractivity contribution in [2.45, 2.75) is 75.8 Å². The summed E-state index contributed by atoms with van der Waals surface area (Å²) in [5.41, 5.74) is 2.23. The summed E-state index contributed by atoms with van der Waals surface area (Å²) in [5, 5.41) is 0.0988. The van der Waals surface area contributed by atoms with Crippen molar-refractivity contribution in [3.8, 4) is 5.75 Å². The van der Waals surface area contributed by atoms with Crippen molar-refractivity contribution in [3.63, 3.8) is 0 Å². The van der Waals surface area contributed by atoms with E-state index in [4.69, 9.17) is 4.43 Å². The number of rotatable bonds is 9. The average molecular weight is 558 g/mol. The largest absolute Gasteiger partial charge is 0.543 e. The Labute approximate surface area is 232 Å². The normalized spacial score (nSPS) is 20.9. The van der Waals surface area contributed by atoms with Crippen LogP contribution in [0.1, 0.15) is 51.8 Å². The molecule has 2 aromatic carbocycles. The van der Waals surface area contributed by atoms with Gasteiger partial charge in [0.1, 0.15) is 5.75 Å². The Balaban J connectivity index is 2.07. The van der Waals surface area contributed by atoms with E-state index < -0.39 is 18.3 Å². The predicted molar refractivity (Wildman–Crippen MR) is 161 cm³/mol. The minimum absolute atomic E-state index is 0.0302. The van der Waals surface area contributed by atoms with Gasteiger partial charge < -0.3 is 4.43 Å². The van der Waals surface area contributed by atoms with Crippen LogP contribution in [0.4, 0.5) is 0 Å². The Morgan fingerprint density at radius 3 is 2.24 bits per heavy atom. The van der Waals surface area contributed by atoms with Gasteiger partial charge in [0, 0.05) is 45.8 Å². The highest BCUT2D eigenvalue weighted by molar-refractivity contribution is 7.89. The maximum atomic E-state index is 12.7. The topological polar surface area (TPSA) is 53.1 Å². The molecule has 1 heterocycles. The van der Waals surface area contributed by atoms with E-state index >= 15 is 0 Å². The minimum Gasteiger partial charge on any atom is -0.543 e. The third-order valence-electron chi connectivity index (χ3n) is 8.19. The van der Waals surface area contributed by atoms with Crippen molar-refractivity contribution in [3.05, 3.63) is 72.3 Å². The quantitative estimate of drug-likeness (QED) is 0.280. The molecule has 38 heavy (non-hydrogen) atoms. The smallest absolute Gasteiger partial charge is 0.250 e. The molecule has 8 heteroatoms. The summed E-state index contributed by atoms with van der Waals surface area (Å²) in [5.74, 6) is 0.900. The van der Waals surface area contributed by atoms with Gasteiger partial charge in [0.05, 0.1) is 10.9 Å². The molecule has 0 aliphatic carbocycles. The zero-order valence-corrected chi connectivity index (χ0v) is 26.5.